The van der Waals surface area contributed by atoms with Crippen LogP contribution in [0.1, 0.15) is 33.1 Å². The lowest BCUT2D eigenvalue weighted by Crippen LogP contribution is -2.29. The van der Waals surface area contributed by atoms with E-state index in [1.807, 2.05) is 13.8 Å². The summed E-state index contributed by atoms with van der Waals surface area (Å²) in [5, 5.41) is 12.0. The van der Waals surface area contributed by atoms with Gasteiger partial charge >= 0.3 is 0 Å². The van der Waals surface area contributed by atoms with E-state index in [4.69, 9.17) is 4.74 Å². The topological polar surface area (TPSA) is 58.6 Å². The van der Waals surface area contributed by atoms with Gasteiger partial charge in [-0.15, -0.1) is 0 Å². The van der Waals surface area contributed by atoms with Crippen molar-refractivity contribution in [3.05, 3.63) is 0 Å². The van der Waals surface area contributed by atoms with Gasteiger partial charge in [0.2, 0.25) is 5.91 Å². The van der Waals surface area contributed by atoms with Crippen molar-refractivity contribution in [2.24, 2.45) is 0 Å². The van der Waals surface area contributed by atoms with Gasteiger partial charge in [0.25, 0.3) is 0 Å². The molecule has 0 aromatic carbocycles. The first kappa shape index (κ1) is 13.4. The normalized spacial score (nSPS) is 14.9. The van der Waals surface area contributed by atoms with Crippen LogP contribution >= 0.6 is 0 Å². The molecule has 2 N–H and O–H groups in total. The number of ether oxygens (including phenoxy) is 1. The lowest BCUT2D eigenvalue weighted by atomic mass is 10.2. The molecule has 0 aliphatic rings. The summed E-state index contributed by atoms with van der Waals surface area (Å²) in [6.07, 6.45) is 1.35. The molecule has 0 fully saturated rings. The number of hydrogen-bond donors (Lipinski definition) is 2. The van der Waals surface area contributed by atoms with Gasteiger partial charge in [-0.1, -0.05) is 6.92 Å². The second-order valence-corrected chi connectivity index (χ2v) is 3.45. The van der Waals surface area contributed by atoms with Gasteiger partial charge in [-0.05, 0) is 19.8 Å². The van der Waals surface area contributed by atoms with Crippen LogP contribution in [0.25, 0.3) is 0 Å². The van der Waals surface area contributed by atoms with E-state index in [1.165, 1.54) is 0 Å². The number of rotatable bonds is 7. The molecule has 0 aliphatic heterocycles. The van der Waals surface area contributed by atoms with E-state index in [1.54, 1.807) is 7.11 Å². The molecule has 1 amide bonds. The van der Waals surface area contributed by atoms with Gasteiger partial charge in [0.15, 0.2) is 0 Å². The molecule has 0 saturated heterocycles. The Balaban J connectivity index is 3.44. The van der Waals surface area contributed by atoms with Gasteiger partial charge in [0, 0.05) is 13.7 Å². The van der Waals surface area contributed by atoms with Crippen molar-refractivity contribution in [1.82, 2.24) is 5.32 Å². The van der Waals surface area contributed by atoms with Crippen molar-refractivity contribution in [2.75, 3.05) is 13.7 Å². The number of carbonyl (C=O) groups excluding carboxylic acids is 1. The highest BCUT2D eigenvalue weighted by Crippen LogP contribution is 1.97. The SMILES string of the molecule is CCC(O)CCNC(=O)CC(C)OC. The molecule has 0 radical (unpaired) electrons. The zero-order chi connectivity index (χ0) is 11.0. The number of hydrogen-bond acceptors (Lipinski definition) is 3. The predicted molar refractivity (Wildman–Crippen MR) is 55.0 cm³/mol. The summed E-state index contributed by atoms with van der Waals surface area (Å²) >= 11 is 0. The van der Waals surface area contributed by atoms with E-state index in [-0.39, 0.29) is 18.1 Å². The van der Waals surface area contributed by atoms with Crippen LogP contribution < -0.4 is 5.32 Å². The van der Waals surface area contributed by atoms with E-state index in [9.17, 15) is 9.90 Å². The minimum absolute atomic E-state index is 0.0253. The summed E-state index contributed by atoms with van der Waals surface area (Å²) in [5.41, 5.74) is 0. The van der Waals surface area contributed by atoms with Crippen LogP contribution in [0.4, 0.5) is 0 Å². The number of aliphatic hydroxyl groups excluding tert-OH is 1. The molecule has 4 heteroatoms. The molecule has 0 heterocycles. The average Bonchev–Trinajstić information content (AvgIpc) is 2.17. The van der Waals surface area contributed by atoms with E-state index in [2.05, 4.69) is 5.32 Å². The molecule has 0 spiro atoms. The molecule has 0 aromatic heterocycles. The molecule has 4 nitrogen and oxygen atoms in total. The summed E-state index contributed by atoms with van der Waals surface area (Å²) in [6.45, 7) is 4.30. The van der Waals surface area contributed by atoms with Gasteiger partial charge in [-0.2, -0.15) is 0 Å². The zero-order valence-corrected chi connectivity index (χ0v) is 9.25. The number of methoxy groups -OCH3 is 1. The van der Waals surface area contributed by atoms with Crippen LogP contribution in [-0.2, 0) is 9.53 Å². The average molecular weight is 203 g/mol. The number of aliphatic hydroxyl groups is 1. The van der Waals surface area contributed by atoms with Crippen LogP contribution in [0, 0.1) is 0 Å². The van der Waals surface area contributed by atoms with Crippen molar-refractivity contribution in [3.8, 4) is 0 Å². The second kappa shape index (κ2) is 7.76. The minimum atomic E-state index is -0.310. The Morgan fingerprint density at radius 1 is 1.57 bits per heavy atom. The highest BCUT2D eigenvalue weighted by Gasteiger charge is 2.07. The fourth-order valence-corrected chi connectivity index (χ4v) is 0.999. The molecule has 0 aliphatic carbocycles. The predicted octanol–water partition coefficient (Wildman–Crippen LogP) is 0.689. The molecule has 2 unspecified atom stereocenters. The van der Waals surface area contributed by atoms with Gasteiger partial charge in [-0.25, -0.2) is 0 Å². The minimum Gasteiger partial charge on any atom is -0.393 e. The molecular formula is C10H21NO3. The fourth-order valence-electron chi connectivity index (χ4n) is 0.999. The Bertz CT molecular complexity index is 161. The molecule has 0 saturated carbocycles. The number of nitrogens with one attached hydrogen (secondary N) is 1. The Labute approximate surface area is 85.6 Å². The maximum Gasteiger partial charge on any atom is 0.222 e. The van der Waals surface area contributed by atoms with Crippen LogP contribution in [0.5, 0.6) is 0 Å². The summed E-state index contributed by atoms with van der Waals surface area (Å²) in [5.74, 6) is -0.0253. The van der Waals surface area contributed by atoms with Crippen LogP contribution in [0.3, 0.4) is 0 Å². The van der Waals surface area contributed by atoms with Crippen molar-refractivity contribution >= 4 is 5.91 Å². The fraction of sp³-hybridized carbons (Fsp3) is 0.900. The van der Waals surface area contributed by atoms with Gasteiger partial charge in [-0.3, -0.25) is 4.79 Å². The van der Waals surface area contributed by atoms with Crippen LogP contribution in [0.2, 0.25) is 0 Å². The zero-order valence-electron chi connectivity index (χ0n) is 9.25. The van der Waals surface area contributed by atoms with Gasteiger partial charge < -0.3 is 15.2 Å². The molecule has 14 heavy (non-hydrogen) atoms. The van der Waals surface area contributed by atoms with Gasteiger partial charge in [0.05, 0.1) is 18.6 Å². The Morgan fingerprint density at radius 2 is 2.21 bits per heavy atom. The molecule has 0 rings (SSSR count). The number of amides is 1. The third-order valence-corrected chi connectivity index (χ3v) is 2.15. The van der Waals surface area contributed by atoms with E-state index < -0.39 is 0 Å². The molecule has 0 bridgehead atoms. The largest absolute Gasteiger partial charge is 0.393 e. The second-order valence-electron chi connectivity index (χ2n) is 3.45. The summed E-state index contributed by atoms with van der Waals surface area (Å²) < 4.78 is 4.96. The third kappa shape index (κ3) is 6.86. The first-order valence-electron chi connectivity index (χ1n) is 5.07. The van der Waals surface area contributed by atoms with E-state index >= 15 is 0 Å². The molecule has 0 aromatic rings. The summed E-state index contributed by atoms with van der Waals surface area (Å²) in [6, 6.07) is 0. The first-order chi connectivity index (χ1) is 6.60. The Kier molecular flexibility index (Phi) is 7.42. The first-order valence-corrected chi connectivity index (χ1v) is 5.07. The van der Waals surface area contributed by atoms with Crippen LogP contribution in [-0.4, -0.2) is 36.9 Å². The molecular weight excluding hydrogens is 182 g/mol. The number of carbonyl (C=O) groups is 1. The third-order valence-electron chi connectivity index (χ3n) is 2.15. The standard InChI is InChI=1S/C10H21NO3/c1-4-9(12)5-6-11-10(13)7-8(2)14-3/h8-9,12H,4-7H2,1-3H3,(H,11,13). The quantitative estimate of drug-likeness (QED) is 0.640. The van der Waals surface area contributed by atoms with Crippen molar-refractivity contribution < 1.29 is 14.6 Å². The molecule has 84 valence electrons. The monoisotopic (exact) mass is 203 g/mol. The highest BCUT2D eigenvalue weighted by molar-refractivity contribution is 5.76. The smallest absolute Gasteiger partial charge is 0.222 e. The van der Waals surface area contributed by atoms with Crippen molar-refractivity contribution in [1.29, 1.82) is 0 Å². The van der Waals surface area contributed by atoms with E-state index in [0.717, 1.165) is 6.42 Å². The van der Waals surface area contributed by atoms with Gasteiger partial charge in [0.1, 0.15) is 0 Å². The lowest BCUT2D eigenvalue weighted by Gasteiger charge is -2.11. The maximum atomic E-state index is 11.2. The van der Waals surface area contributed by atoms with Crippen molar-refractivity contribution in [2.45, 2.75) is 45.3 Å². The summed E-state index contributed by atoms with van der Waals surface area (Å²) in [7, 11) is 1.58. The Morgan fingerprint density at radius 3 is 2.71 bits per heavy atom. The summed E-state index contributed by atoms with van der Waals surface area (Å²) in [4.78, 5) is 11.2. The van der Waals surface area contributed by atoms with Crippen LogP contribution in [0.15, 0.2) is 0 Å². The Hall–Kier alpha value is -0.610. The lowest BCUT2D eigenvalue weighted by molar-refractivity contribution is -0.123. The molecule has 2 atom stereocenters. The highest BCUT2D eigenvalue weighted by atomic mass is 16.5. The van der Waals surface area contributed by atoms with Crippen molar-refractivity contribution in [3.63, 3.8) is 0 Å². The maximum absolute atomic E-state index is 11.2. The van der Waals surface area contributed by atoms with E-state index in [0.29, 0.717) is 19.4 Å².